The summed E-state index contributed by atoms with van der Waals surface area (Å²) in [5.41, 5.74) is 0. The van der Waals surface area contributed by atoms with Crippen molar-refractivity contribution in [3.05, 3.63) is 0 Å². The molecule has 0 heterocycles. The van der Waals surface area contributed by atoms with E-state index in [1.165, 1.54) is 6.42 Å². The largest absolute Gasteiger partial charge is 0.394 e. The number of hydrogen-bond acceptors (Lipinski definition) is 3. The lowest BCUT2D eigenvalue weighted by molar-refractivity contribution is 0.0761. The van der Waals surface area contributed by atoms with Crippen LogP contribution in [0.1, 0.15) is 20.3 Å². The summed E-state index contributed by atoms with van der Waals surface area (Å²) in [6, 6.07) is 0. The van der Waals surface area contributed by atoms with Gasteiger partial charge in [-0.25, -0.2) is 0 Å². The van der Waals surface area contributed by atoms with E-state index in [1.807, 2.05) is 0 Å². The number of ether oxygens (including phenoxy) is 1. The molecule has 3 heteroatoms. The van der Waals surface area contributed by atoms with Crippen molar-refractivity contribution in [2.75, 3.05) is 40.0 Å². The number of likely N-dealkylation sites (N-methyl/N-ethyl adjacent to an activating group) is 1. The maximum absolute atomic E-state index is 8.48. The molecular formula is C10H23NO2. The molecule has 0 aliphatic rings. The molecule has 80 valence electrons. The summed E-state index contributed by atoms with van der Waals surface area (Å²) in [6.45, 7) is 7.83. The van der Waals surface area contributed by atoms with Crippen molar-refractivity contribution in [2.24, 2.45) is 5.92 Å². The molecule has 0 rings (SSSR count). The van der Waals surface area contributed by atoms with Crippen LogP contribution in [-0.4, -0.2) is 50.0 Å². The molecule has 0 saturated carbocycles. The molecule has 1 N–H and O–H groups in total. The zero-order valence-electron chi connectivity index (χ0n) is 9.12. The monoisotopic (exact) mass is 189 g/mol. The highest BCUT2D eigenvalue weighted by molar-refractivity contribution is 4.56. The molecule has 1 unspecified atom stereocenters. The Bertz CT molecular complexity index is 109. The Morgan fingerprint density at radius 2 is 2.08 bits per heavy atom. The first-order chi connectivity index (χ1) is 6.20. The van der Waals surface area contributed by atoms with Gasteiger partial charge in [-0.1, -0.05) is 20.3 Å². The summed E-state index contributed by atoms with van der Waals surface area (Å²) in [4.78, 5) is 2.27. The highest BCUT2D eigenvalue weighted by Crippen LogP contribution is 2.01. The van der Waals surface area contributed by atoms with Crippen LogP contribution in [0.25, 0.3) is 0 Å². The number of nitrogens with zero attached hydrogens (tertiary/aromatic N) is 1. The van der Waals surface area contributed by atoms with Crippen LogP contribution in [0.3, 0.4) is 0 Å². The quantitative estimate of drug-likeness (QED) is 0.578. The first-order valence-corrected chi connectivity index (χ1v) is 5.07. The van der Waals surface area contributed by atoms with Gasteiger partial charge >= 0.3 is 0 Å². The Morgan fingerprint density at radius 1 is 1.38 bits per heavy atom. The van der Waals surface area contributed by atoms with Crippen LogP contribution in [-0.2, 0) is 4.74 Å². The number of rotatable bonds is 8. The van der Waals surface area contributed by atoms with E-state index in [0.29, 0.717) is 13.2 Å². The molecule has 0 amide bonds. The Morgan fingerprint density at radius 3 is 2.62 bits per heavy atom. The standard InChI is InChI=1S/C10H23NO2/c1-4-10(2)9-11(3)5-7-13-8-6-12/h10,12H,4-9H2,1-3H3. The van der Waals surface area contributed by atoms with Crippen molar-refractivity contribution in [3.63, 3.8) is 0 Å². The minimum atomic E-state index is 0.120. The fraction of sp³-hybridized carbons (Fsp3) is 1.00. The summed E-state index contributed by atoms with van der Waals surface area (Å²) in [7, 11) is 2.11. The molecule has 0 radical (unpaired) electrons. The third-order valence-electron chi connectivity index (χ3n) is 2.17. The van der Waals surface area contributed by atoms with Gasteiger partial charge in [0.2, 0.25) is 0 Å². The zero-order chi connectivity index (χ0) is 10.1. The molecule has 0 bridgehead atoms. The lowest BCUT2D eigenvalue weighted by Crippen LogP contribution is -2.28. The molecule has 3 nitrogen and oxygen atoms in total. The zero-order valence-corrected chi connectivity index (χ0v) is 9.12. The summed E-state index contributed by atoms with van der Waals surface area (Å²) in [5.74, 6) is 0.753. The molecular weight excluding hydrogens is 166 g/mol. The predicted octanol–water partition coefficient (Wildman–Crippen LogP) is 0.973. The molecule has 0 aliphatic heterocycles. The fourth-order valence-electron chi connectivity index (χ4n) is 1.14. The van der Waals surface area contributed by atoms with Gasteiger partial charge in [0.25, 0.3) is 0 Å². The van der Waals surface area contributed by atoms with Gasteiger partial charge in [-0.2, -0.15) is 0 Å². The second-order valence-corrected chi connectivity index (χ2v) is 3.61. The van der Waals surface area contributed by atoms with E-state index in [0.717, 1.165) is 19.0 Å². The Hall–Kier alpha value is -0.120. The molecule has 0 saturated heterocycles. The topological polar surface area (TPSA) is 32.7 Å². The third-order valence-corrected chi connectivity index (χ3v) is 2.17. The highest BCUT2D eigenvalue weighted by atomic mass is 16.5. The Labute approximate surface area is 81.7 Å². The van der Waals surface area contributed by atoms with Crippen molar-refractivity contribution in [1.82, 2.24) is 4.90 Å². The van der Waals surface area contributed by atoms with Crippen LogP contribution in [0.4, 0.5) is 0 Å². The minimum Gasteiger partial charge on any atom is -0.394 e. The molecule has 0 spiro atoms. The molecule has 1 atom stereocenters. The second-order valence-electron chi connectivity index (χ2n) is 3.61. The Balaban J connectivity index is 3.24. The van der Waals surface area contributed by atoms with Crippen molar-refractivity contribution < 1.29 is 9.84 Å². The molecule has 13 heavy (non-hydrogen) atoms. The van der Waals surface area contributed by atoms with Crippen LogP contribution in [0.5, 0.6) is 0 Å². The summed E-state index contributed by atoms with van der Waals surface area (Å²) in [5, 5.41) is 8.48. The molecule has 0 aromatic carbocycles. The molecule has 0 aliphatic carbocycles. The average molecular weight is 189 g/mol. The smallest absolute Gasteiger partial charge is 0.0698 e. The lowest BCUT2D eigenvalue weighted by Gasteiger charge is -2.19. The van der Waals surface area contributed by atoms with Gasteiger partial charge in [0, 0.05) is 13.1 Å². The second kappa shape index (κ2) is 8.48. The highest BCUT2D eigenvalue weighted by Gasteiger charge is 2.03. The van der Waals surface area contributed by atoms with Crippen molar-refractivity contribution in [1.29, 1.82) is 0 Å². The van der Waals surface area contributed by atoms with Gasteiger partial charge in [0.05, 0.1) is 19.8 Å². The van der Waals surface area contributed by atoms with E-state index in [4.69, 9.17) is 9.84 Å². The van der Waals surface area contributed by atoms with E-state index in [9.17, 15) is 0 Å². The van der Waals surface area contributed by atoms with E-state index in [2.05, 4.69) is 25.8 Å². The van der Waals surface area contributed by atoms with Gasteiger partial charge in [0.15, 0.2) is 0 Å². The number of aliphatic hydroxyl groups is 1. The van der Waals surface area contributed by atoms with Crippen LogP contribution >= 0.6 is 0 Å². The number of aliphatic hydroxyl groups excluding tert-OH is 1. The van der Waals surface area contributed by atoms with Gasteiger partial charge in [-0.3, -0.25) is 0 Å². The maximum atomic E-state index is 8.48. The SMILES string of the molecule is CCC(C)CN(C)CCOCCO. The molecule has 0 aromatic heterocycles. The van der Waals surface area contributed by atoms with Crippen molar-refractivity contribution in [3.8, 4) is 0 Å². The van der Waals surface area contributed by atoms with Crippen LogP contribution < -0.4 is 0 Å². The van der Waals surface area contributed by atoms with E-state index >= 15 is 0 Å². The van der Waals surface area contributed by atoms with Gasteiger partial charge in [-0.05, 0) is 13.0 Å². The van der Waals surface area contributed by atoms with E-state index in [1.54, 1.807) is 0 Å². The first-order valence-electron chi connectivity index (χ1n) is 5.07. The van der Waals surface area contributed by atoms with E-state index < -0.39 is 0 Å². The average Bonchev–Trinajstić information content (AvgIpc) is 2.12. The summed E-state index contributed by atoms with van der Waals surface area (Å²) >= 11 is 0. The normalized spacial score (nSPS) is 13.6. The summed E-state index contributed by atoms with van der Waals surface area (Å²) < 4.78 is 5.18. The number of hydrogen-bond donors (Lipinski definition) is 1. The predicted molar refractivity (Wildman–Crippen MR) is 54.9 cm³/mol. The van der Waals surface area contributed by atoms with Crippen LogP contribution in [0, 0.1) is 5.92 Å². The Kier molecular flexibility index (Phi) is 8.40. The van der Waals surface area contributed by atoms with Crippen LogP contribution in [0.2, 0.25) is 0 Å². The lowest BCUT2D eigenvalue weighted by atomic mass is 10.1. The van der Waals surface area contributed by atoms with Gasteiger partial charge in [0.1, 0.15) is 0 Å². The molecule has 0 aromatic rings. The van der Waals surface area contributed by atoms with Gasteiger partial charge < -0.3 is 14.7 Å². The van der Waals surface area contributed by atoms with E-state index in [-0.39, 0.29) is 6.61 Å². The van der Waals surface area contributed by atoms with Crippen LogP contribution in [0.15, 0.2) is 0 Å². The fourth-order valence-corrected chi connectivity index (χ4v) is 1.14. The molecule has 0 fully saturated rings. The van der Waals surface area contributed by atoms with Crippen molar-refractivity contribution in [2.45, 2.75) is 20.3 Å². The minimum absolute atomic E-state index is 0.120. The third kappa shape index (κ3) is 8.22. The first kappa shape index (κ1) is 12.9. The van der Waals surface area contributed by atoms with Gasteiger partial charge in [-0.15, -0.1) is 0 Å². The summed E-state index contributed by atoms with van der Waals surface area (Å²) in [6.07, 6.45) is 1.22. The maximum Gasteiger partial charge on any atom is 0.0698 e. The van der Waals surface area contributed by atoms with Crippen molar-refractivity contribution >= 4 is 0 Å².